The lowest BCUT2D eigenvalue weighted by Gasteiger charge is -2.18. The van der Waals surface area contributed by atoms with Crippen LogP contribution in [0.25, 0.3) is 0 Å². The van der Waals surface area contributed by atoms with Crippen LogP contribution in [0.3, 0.4) is 0 Å². The van der Waals surface area contributed by atoms with Gasteiger partial charge in [-0.1, -0.05) is 23.7 Å². The summed E-state index contributed by atoms with van der Waals surface area (Å²) in [6, 6.07) is 5.58. The SMILES string of the molecule is O=C1C(Nc2cn[nH]c(=O)c2Cl)CCN1Cc1ccc(F)cc1. The maximum Gasteiger partial charge on any atom is 0.285 e. The van der Waals surface area contributed by atoms with Crippen LogP contribution < -0.4 is 10.9 Å². The molecule has 8 heteroatoms. The first-order valence-electron chi connectivity index (χ1n) is 7.07. The zero-order chi connectivity index (χ0) is 16.4. The lowest BCUT2D eigenvalue weighted by atomic mass is 10.2. The van der Waals surface area contributed by atoms with Crippen LogP contribution in [0.1, 0.15) is 12.0 Å². The Morgan fingerprint density at radius 1 is 1.35 bits per heavy atom. The largest absolute Gasteiger partial charge is 0.371 e. The number of nitrogens with zero attached hydrogens (tertiary/aromatic N) is 2. The molecule has 1 aliphatic rings. The summed E-state index contributed by atoms with van der Waals surface area (Å²) in [5.74, 6) is -0.400. The summed E-state index contributed by atoms with van der Waals surface area (Å²) >= 11 is 5.89. The highest BCUT2D eigenvalue weighted by Gasteiger charge is 2.32. The second kappa shape index (κ2) is 6.37. The maximum absolute atomic E-state index is 12.9. The van der Waals surface area contributed by atoms with E-state index in [9.17, 15) is 14.0 Å². The molecule has 1 amide bonds. The number of likely N-dealkylation sites (tertiary alicyclic amines) is 1. The summed E-state index contributed by atoms with van der Waals surface area (Å²) in [6.07, 6.45) is 1.96. The standard InChI is InChI=1S/C15H14ClFN4O2/c16-13-12(7-18-20-14(13)22)19-11-5-6-21(15(11)23)8-9-1-3-10(17)4-2-9/h1-4,7,11H,5-6,8H2,(H2,19,20,22). The Hall–Kier alpha value is -2.41. The predicted octanol–water partition coefficient (Wildman–Crippen LogP) is 1.78. The van der Waals surface area contributed by atoms with E-state index in [1.54, 1.807) is 17.0 Å². The van der Waals surface area contributed by atoms with Crippen LogP contribution >= 0.6 is 11.6 Å². The van der Waals surface area contributed by atoms with Crippen molar-refractivity contribution in [2.24, 2.45) is 0 Å². The molecule has 6 nitrogen and oxygen atoms in total. The van der Waals surface area contributed by atoms with Gasteiger partial charge in [0.25, 0.3) is 5.56 Å². The minimum atomic E-state index is -0.509. The molecule has 0 spiro atoms. The average molecular weight is 337 g/mol. The summed E-state index contributed by atoms with van der Waals surface area (Å²) in [6.45, 7) is 0.987. The Morgan fingerprint density at radius 3 is 2.83 bits per heavy atom. The number of aromatic amines is 1. The van der Waals surface area contributed by atoms with E-state index in [4.69, 9.17) is 11.6 Å². The molecule has 0 bridgehead atoms. The van der Waals surface area contributed by atoms with Crippen LogP contribution in [0.4, 0.5) is 10.1 Å². The van der Waals surface area contributed by atoms with Gasteiger partial charge < -0.3 is 10.2 Å². The normalized spacial score (nSPS) is 17.6. The number of carbonyl (C=O) groups is 1. The Morgan fingerprint density at radius 2 is 2.09 bits per heavy atom. The molecule has 120 valence electrons. The number of hydrogen-bond acceptors (Lipinski definition) is 4. The molecule has 1 aliphatic heterocycles. The third-order valence-electron chi connectivity index (χ3n) is 3.71. The molecule has 1 unspecified atom stereocenters. The van der Waals surface area contributed by atoms with E-state index in [-0.39, 0.29) is 16.7 Å². The summed E-state index contributed by atoms with van der Waals surface area (Å²) in [4.78, 5) is 25.5. The second-order valence-corrected chi connectivity index (χ2v) is 5.68. The smallest absolute Gasteiger partial charge is 0.285 e. The number of aromatic nitrogens is 2. The van der Waals surface area contributed by atoms with Crippen LogP contribution in [-0.4, -0.2) is 33.6 Å². The lowest BCUT2D eigenvalue weighted by molar-refractivity contribution is -0.128. The Kier molecular flexibility index (Phi) is 4.29. The molecule has 2 aromatic rings. The van der Waals surface area contributed by atoms with Crippen LogP contribution in [0.15, 0.2) is 35.3 Å². The minimum Gasteiger partial charge on any atom is -0.371 e. The molecule has 2 heterocycles. The van der Waals surface area contributed by atoms with Crippen LogP contribution in [-0.2, 0) is 11.3 Å². The summed E-state index contributed by atoms with van der Waals surface area (Å²) in [5.41, 5.74) is 0.680. The van der Waals surface area contributed by atoms with Crippen molar-refractivity contribution in [3.63, 3.8) is 0 Å². The molecule has 23 heavy (non-hydrogen) atoms. The highest BCUT2D eigenvalue weighted by molar-refractivity contribution is 6.33. The van der Waals surface area contributed by atoms with Gasteiger partial charge in [-0.2, -0.15) is 5.10 Å². The van der Waals surface area contributed by atoms with Gasteiger partial charge >= 0.3 is 0 Å². The van der Waals surface area contributed by atoms with Gasteiger partial charge in [0.05, 0.1) is 11.9 Å². The number of anilines is 1. The first-order valence-corrected chi connectivity index (χ1v) is 7.45. The van der Waals surface area contributed by atoms with Crippen molar-refractivity contribution < 1.29 is 9.18 Å². The van der Waals surface area contributed by atoms with Crippen LogP contribution in [0, 0.1) is 5.82 Å². The van der Waals surface area contributed by atoms with Gasteiger partial charge in [0.1, 0.15) is 16.9 Å². The first kappa shape index (κ1) is 15.5. The second-order valence-electron chi connectivity index (χ2n) is 5.30. The summed E-state index contributed by atoms with van der Waals surface area (Å²) in [7, 11) is 0. The fourth-order valence-corrected chi connectivity index (χ4v) is 2.66. The maximum atomic E-state index is 12.9. The lowest BCUT2D eigenvalue weighted by Crippen LogP contribution is -2.33. The third-order valence-corrected chi connectivity index (χ3v) is 4.08. The zero-order valence-corrected chi connectivity index (χ0v) is 12.8. The molecule has 3 rings (SSSR count). The molecule has 0 aliphatic carbocycles. The number of halogens is 2. The topological polar surface area (TPSA) is 78.1 Å². The number of rotatable bonds is 4. The molecular formula is C15H14ClFN4O2. The Balaban J connectivity index is 1.68. The van der Waals surface area contributed by atoms with Gasteiger partial charge in [-0.3, -0.25) is 9.59 Å². The van der Waals surface area contributed by atoms with E-state index >= 15 is 0 Å². The van der Waals surface area contributed by atoms with Gasteiger partial charge in [-0.05, 0) is 24.1 Å². The van der Waals surface area contributed by atoms with Gasteiger partial charge in [0.15, 0.2) is 0 Å². The number of carbonyl (C=O) groups excluding carboxylic acids is 1. The van der Waals surface area contributed by atoms with Crippen molar-refractivity contribution in [3.05, 3.63) is 57.2 Å². The van der Waals surface area contributed by atoms with Crippen molar-refractivity contribution in [3.8, 4) is 0 Å². The van der Waals surface area contributed by atoms with Crippen molar-refractivity contribution >= 4 is 23.2 Å². The van der Waals surface area contributed by atoms with Crippen molar-refractivity contribution in [2.45, 2.75) is 19.0 Å². The van der Waals surface area contributed by atoms with Gasteiger partial charge in [-0.15, -0.1) is 0 Å². The molecular weight excluding hydrogens is 323 g/mol. The highest BCUT2D eigenvalue weighted by Crippen LogP contribution is 2.22. The number of nitrogens with one attached hydrogen (secondary N) is 2. The molecule has 0 saturated carbocycles. The van der Waals surface area contributed by atoms with Gasteiger partial charge in [-0.25, -0.2) is 9.49 Å². The first-order chi connectivity index (χ1) is 11.0. The molecule has 1 aromatic heterocycles. The van der Waals surface area contributed by atoms with Crippen LogP contribution in [0.5, 0.6) is 0 Å². The van der Waals surface area contributed by atoms with Crippen molar-refractivity contribution in [2.75, 3.05) is 11.9 Å². The fourth-order valence-electron chi connectivity index (χ4n) is 2.51. The predicted molar refractivity (Wildman–Crippen MR) is 83.7 cm³/mol. The Labute approximate surface area is 136 Å². The van der Waals surface area contributed by atoms with E-state index < -0.39 is 11.6 Å². The minimum absolute atomic E-state index is 0.0233. The van der Waals surface area contributed by atoms with E-state index in [0.717, 1.165) is 5.56 Å². The Bertz CT molecular complexity index is 778. The quantitative estimate of drug-likeness (QED) is 0.892. The average Bonchev–Trinajstić information content (AvgIpc) is 2.87. The molecule has 1 atom stereocenters. The number of H-pyrrole nitrogens is 1. The van der Waals surface area contributed by atoms with E-state index in [1.807, 2.05) is 0 Å². The number of amides is 1. The fraction of sp³-hybridized carbons (Fsp3) is 0.267. The van der Waals surface area contributed by atoms with Crippen molar-refractivity contribution in [1.29, 1.82) is 0 Å². The molecule has 1 aromatic carbocycles. The summed E-state index contributed by atoms with van der Waals surface area (Å²) < 4.78 is 12.9. The number of benzene rings is 1. The molecule has 1 fully saturated rings. The third kappa shape index (κ3) is 3.34. The van der Waals surface area contributed by atoms with E-state index in [1.165, 1.54) is 18.3 Å². The van der Waals surface area contributed by atoms with E-state index in [0.29, 0.717) is 25.2 Å². The van der Waals surface area contributed by atoms with Gasteiger partial charge in [0.2, 0.25) is 5.91 Å². The van der Waals surface area contributed by atoms with Crippen LogP contribution in [0.2, 0.25) is 5.02 Å². The zero-order valence-electron chi connectivity index (χ0n) is 12.1. The monoisotopic (exact) mass is 336 g/mol. The molecule has 2 N–H and O–H groups in total. The summed E-state index contributed by atoms with van der Waals surface area (Å²) in [5, 5.41) is 8.82. The van der Waals surface area contributed by atoms with E-state index in [2.05, 4.69) is 15.5 Å². The highest BCUT2D eigenvalue weighted by atomic mass is 35.5. The van der Waals surface area contributed by atoms with Gasteiger partial charge in [0, 0.05) is 13.1 Å². The number of hydrogen-bond donors (Lipinski definition) is 2. The van der Waals surface area contributed by atoms with Crippen molar-refractivity contribution in [1.82, 2.24) is 15.1 Å². The molecule has 1 saturated heterocycles. The molecule has 0 radical (unpaired) electrons.